The maximum absolute atomic E-state index is 14.9. The Bertz CT molecular complexity index is 9560. The van der Waals surface area contributed by atoms with Crippen LogP contribution in [0, 0.1) is 45.3 Å². The van der Waals surface area contributed by atoms with Crippen LogP contribution in [0.3, 0.4) is 0 Å². The van der Waals surface area contributed by atoms with E-state index in [1.165, 1.54) is 69.6 Å². The molecule has 24 heteroatoms. The summed E-state index contributed by atoms with van der Waals surface area (Å²) in [7, 11) is 0. The zero-order valence-corrected chi connectivity index (χ0v) is 75.3. The maximum atomic E-state index is 14.9. The summed E-state index contributed by atoms with van der Waals surface area (Å²) in [6, 6.07) is 107. The summed E-state index contributed by atoms with van der Waals surface area (Å²) in [5.74, 6) is 0. The van der Waals surface area contributed by atoms with Crippen LogP contribution in [0.4, 0.5) is 52.7 Å². The van der Waals surface area contributed by atoms with E-state index in [2.05, 4.69) is 24.3 Å². The van der Waals surface area contributed by atoms with E-state index < -0.39 is 47.0 Å². The van der Waals surface area contributed by atoms with Gasteiger partial charge in [-0.3, -0.25) is 0 Å². The molecule has 0 aliphatic rings. The lowest BCUT2D eigenvalue weighted by Crippen LogP contribution is -2.12. The molecular weight excluding hydrogens is 1860 g/mol. The highest BCUT2D eigenvalue weighted by Gasteiger charge is 2.41. The van der Waals surface area contributed by atoms with Crippen LogP contribution in [0.1, 0.15) is 44.5 Å². The summed E-state index contributed by atoms with van der Waals surface area (Å²) in [6.07, 6.45) is -19.0. The highest BCUT2D eigenvalue weighted by atomic mass is 32.1. The highest BCUT2D eigenvalue weighted by Crippen LogP contribution is 2.57. The fraction of sp³-hybridized carbons (Fsp3) is 0.0345. The molecule has 0 N–H and O–H groups in total. The van der Waals surface area contributed by atoms with Crippen molar-refractivity contribution in [1.29, 1.82) is 21.0 Å². The molecule has 0 unspecified atom stereocenters. The Hall–Kier alpha value is -16.8. The van der Waals surface area contributed by atoms with Gasteiger partial charge >= 0.3 is 24.7 Å². The standard InChI is InChI=1S/2C58H28F6N4S2/c59-57(60,61)31-23-25-35-33-11-1-5-19-45(33)67(47(35)27-31)53-43(29-65)52(42-18-10-16-40-38-14-4-8-22-50(38)70-56(40)42)54(68-46-20-6-2-12-34(46)36-26-24-32(28-48(36)68)58(62,63)64)44(30-66)51(53)41-17-9-15-39-37-13-3-7-21-49(37)69-55(39)41;59-57(60,61)33-19-23-37-35-9-1-5-13-45(35)67(47(37)27-33)55-43(29-65)54(32-18-22-42-40-12-4-8-16-50(40)70-52(42)26-32)56(68-46-14-6-2-10-36(46)38-24-20-34(28-48(38)68)58(62,63)64)44(30-66)53(55)31-17-21-41-39-11-3-7-15-49(39)69-51(41)25-31/h2*1-28H. The number of thiophene rings is 4. The Morgan fingerprint density at radius 1 is 0.193 bits per heavy atom. The van der Waals surface area contributed by atoms with Crippen LogP contribution < -0.4 is 0 Å². The van der Waals surface area contributed by atoms with Crippen LogP contribution in [0.5, 0.6) is 0 Å². The number of hydrogen-bond acceptors (Lipinski definition) is 8. The van der Waals surface area contributed by atoms with Gasteiger partial charge in [0.25, 0.3) is 0 Å². The van der Waals surface area contributed by atoms with Crippen molar-refractivity contribution in [2.75, 3.05) is 0 Å². The lowest BCUT2D eigenvalue weighted by atomic mass is 9.85. The number of aromatic nitrogens is 4. The van der Waals surface area contributed by atoms with Gasteiger partial charge in [-0.2, -0.15) is 73.7 Å². The van der Waals surface area contributed by atoms with E-state index in [9.17, 15) is 73.7 Å². The molecule has 0 radical (unpaired) electrons. The van der Waals surface area contributed by atoms with E-state index in [4.69, 9.17) is 0 Å². The van der Waals surface area contributed by atoms with E-state index in [0.717, 1.165) is 129 Å². The molecule has 0 saturated carbocycles. The second kappa shape index (κ2) is 31.4. The molecule has 0 saturated heterocycles. The summed E-state index contributed by atoms with van der Waals surface area (Å²) in [4.78, 5) is 0. The third kappa shape index (κ3) is 12.8. The summed E-state index contributed by atoms with van der Waals surface area (Å²) in [6.45, 7) is 0. The molecule has 8 aromatic heterocycles. The summed E-state index contributed by atoms with van der Waals surface area (Å²) < 4.78 is 192. The third-order valence-corrected chi connectivity index (χ3v) is 31.6. The van der Waals surface area contributed by atoms with Crippen LogP contribution in [-0.4, -0.2) is 18.3 Å². The first-order chi connectivity index (χ1) is 67.8. The molecule has 0 bridgehead atoms. The fourth-order valence-corrected chi connectivity index (χ4v) is 25.8. The molecule has 0 fully saturated rings. The monoisotopic (exact) mass is 1920 g/mol. The van der Waals surface area contributed by atoms with Crippen molar-refractivity contribution in [2.45, 2.75) is 24.7 Å². The van der Waals surface area contributed by atoms with Crippen molar-refractivity contribution in [3.05, 3.63) is 384 Å². The van der Waals surface area contributed by atoms with Gasteiger partial charge in [0.15, 0.2) is 0 Å². The van der Waals surface area contributed by atoms with Crippen molar-refractivity contribution in [1.82, 2.24) is 18.3 Å². The van der Waals surface area contributed by atoms with E-state index in [-0.39, 0.29) is 89.3 Å². The minimum Gasteiger partial charge on any atom is -0.307 e. The van der Waals surface area contributed by atoms with Crippen LogP contribution in [0.2, 0.25) is 0 Å². The SMILES string of the molecule is N#Cc1c(-c2ccc3c(c2)sc2ccccc23)c(-n2c3ccccc3c3ccc(C(F)(F)F)cc32)c(C#N)c(-c2ccc3c(c2)sc2ccccc23)c1-n1c2ccccc2c2ccc(C(F)(F)F)cc21.N#Cc1c(-c2cccc3c2sc2ccccc23)c(-n2c3ccccc3c3ccc(C(F)(F)F)cc32)c(C#N)c(-c2cccc3c2sc2ccccc23)c1-n1c2ccccc2c2ccc(C(F)(F)F)cc21. The lowest BCUT2D eigenvalue weighted by molar-refractivity contribution is -0.138. The molecule has 8 heterocycles. The topological polar surface area (TPSA) is 115 Å². The summed E-state index contributed by atoms with van der Waals surface area (Å²) in [5.41, 5.74) is 2.37. The molecule has 140 heavy (non-hydrogen) atoms. The van der Waals surface area contributed by atoms with Gasteiger partial charge in [-0.25, -0.2) is 0 Å². The van der Waals surface area contributed by atoms with Gasteiger partial charge in [-0.1, -0.05) is 231 Å². The predicted octanol–water partition coefficient (Wildman–Crippen LogP) is 35.5. The number of hydrogen-bond donors (Lipinski definition) is 0. The zero-order chi connectivity index (χ0) is 95.6. The molecule has 18 aromatic carbocycles. The summed E-state index contributed by atoms with van der Waals surface area (Å²) >= 11 is 6.00. The molecular formula is C116H56F12N8S4. The minimum absolute atomic E-state index is 0.00105. The van der Waals surface area contributed by atoms with Crippen molar-refractivity contribution < 1.29 is 52.7 Å². The van der Waals surface area contributed by atoms with Crippen LogP contribution in [0.25, 0.3) is 235 Å². The van der Waals surface area contributed by atoms with E-state index in [0.29, 0.717) is 87.4 Å². The predicted molar refractivity (Wildman–Crippen MR) is 542 cm³/mol. The van der Waals surface area contributed by atoms with Crippen LogP contribution >= 0.6 is 45.3 Å². The smallest absolute Gasteiger partial charge is 0.307 e. The van der Waals surface area contributed by atoms with Crippen LogP contribution in [-0.2, 0) is 24.7 Å². The van der Waals surface area contributed by atoms with Gasteiger partial charge in [0, 0.05) is 157 Å². The number of alkyl halides is 12. The normalized spacial score (nSPS) is 12.4. The summed E-state index contributed by atoms with van der Waals surface area (Å²) in [5, 5.41) is 60.3. The van der Waals surface area contributed by atoms with E-state index >= 15 is 0 Å². The molecule has 26 aromatic rings. The molecule has 0 amide bonds. The first kappa shape index (κ1) is 84.9. The number of nitriles is 4. The van der Waals surface area contributed by atoms with Gasteiger partial charge < -0.3 is 18.3 Å². The van der Waals surface area contributed by atoms with Gasteiger partial charge in [-0.05, 0) is 120 Å². The molecule has 0 aliphatic carbocycles. The quantitative estimate of drug-likeness (QED) is 0.141. The van der Waals surface area contributed by atoms with E-state index in [1.54, 1.807) is 91.1 Å². The van der Waals surface area contributed by atoms with Crippen molar-refractivity contribution in [2.24, 2.45) is 0 Å². The Kier molecular flexibility index (Phi) is 19.0. The van der Waals surface area contributed by atoms with Gasteiger partial charge in [0.05, 0.1) is 111 Å². The Morgan fingerprint density at radius 2 is 0.414 bits per heavy atom. The second-order valence-corrected chi connectivity index (χ2v) is 38.6. The van der Waals surface area contributed by atoms with Gasteiger partial charge in [0.1, 0.15) is 24.3 Å². The Morgan fingerprint density at radius 3 is 0.700 bits per heavy atom. The molecule has 8 nitrogen and oxygen atoms in total. The lowest BCUT2D eigenvalue weighted by Gasteiger charge is -2.26. The average Bonchev–Trinajstić information content (AvgIpc) is 1.49. The fourth-order valence-electron chi connectivity index (χ4n) is 21.1. The molecule has 668 valence electrons. The number of fused-ring (bicyclic) bond motifs is 24. The van der Waals surface area contributed by atoms with Crippen molar-refractivity contribution >= 4 is 213 Å². The Labute approximate surface area is 800 Å². The number of rotatable bonds is 8. The minimum atomic E-state index is -4.74. The van der Waals surface area contributed by atoms with E-state index in [1.807, 2.05) is 194 Å². The maximum Gasteiger partial charge on any atom is 0.416 e. The molecule has 26 rings (SSSR count). The second-order valence-electron chi connectivity index (χ2n) is 34.3. The van der Waals surface area contributed by atoms with Gasteiger partial charge in [0.2, 0.25) is 0 Å². The van der Waals surface area contributed by atoms with Crippen LogP contribution in [0.15, 0.2) is 340 Å². The number of halogens is 12. The van der Waals surface area contributed by atoms with Gasteiger partial charge in [-0.15, -0.1) is 45.3 Å². The number of nitrogens with zero attached hydrogens (tertiary/aromatic N) is 8. The number of para-hydroxylation sites is 4. The highest BCUT2D eigenvalue weighted by molar-refractivity contribution is 7.27. The zero-order valence-electron chi connectivity index (χ0n) is 72.1. The largest absolute Gasteiger partial charge is 0.416 e. The average molecular weight is 1920 g/mol. The molecule has 0 spiro atoms. The van der Waals surface area contributed by atoms with Crippen molar-refractivity contribution in [3.63, 3.8) is 0 Å². The molecule has 0 aliphatic heterocycles. The molecule has 0 atom stereocenters. The van der Waals surface area contributed by atoms with Crippen molar-refractivity contribution in [3.8, 4) is 91.5 Å². The first-order valence-electron chi connectivity index (χ1n) is 44.0. The number of benzene rings is 18. The Balaban J connectivity index is 0.000000148. The third-order valence-electron chi connectivity index (χ3n) is 26.9. The first-order valence-corrected chi connectivity index (χ1v) is 47.3.